The number of nitrogens with two attached hydrogens (primary N) is 1. The Bertz CT molecular complexity index is 1240. The molecule has 0 aliphatic rings. The molecule has 10 nitrogen and oxygen atoms in total. The molecule has 0 aliphatic heterocycles. The summed E-state index contributed by atoms with van der Waals surface area (Å²) in [7, 11) is 0. The lowest BCUT2D eigenvalue weighted by atomic mass is 9.98. The highest BCUT2D eigenvalue weighted by Crippen LogP contribution is 2.34. The van der Waals surface area contributed by atoms with E-state index in [0.717, 1.165) is 4.90 Å². The van der Waals surface area contributed by atoms with Crippen LogP contribution in [0.3, 0.4) is 0 Å². The summed E-state index contributed by atoms with van der Waals surface area (Å²) in [6.07, 6.45) is -0.143. The van der Waals surface area contributed by atoms with Crippen LogP contribution in [-0.2, 0) is 19.1 Å². The van der Waals surface area contributed by atoms with Crippen molar-refractivity contribution in [1.82, 2.24) is 10.2 Å². The van der Waals surface area contributed by atoms with E-state index in [1.54, 1.807) is 65.0 Å². The van der Waals surface area contributed by atoms with Crippen LogP contribution in [0.15, 0.2) is 49.1 Å². The molecule has 0 aliphatic carbocycles. The number of amides is 4. The Labute approximate surface area is 233 Å². The Kier molecular flexibility index (Phi) is 10.5. The van der Waals surface area contributed by atoms with Crippen LogP contribution < -0.4 is 16.4 Å². The third kappa shape index (κ3) is 8.47. The molecular weight excluding hydrogens is 524 g/mol. The van der Waals surface area contributed by atoms with Crippen molar-refractivity contribution in [2.45, 2.75) is 58.7 Å². The summed E-state index contributed by atoms with van der Waals surface area (Å²) in [4.78, 5) is 53.2. The second-order valence-corrected chi connectivity index (χ2v) is 10.4. The average molecular weight is 559 g/mol. The van der Waals surface area contributed by atoms with Crippen LogP contribution in [0.5, 0.6) is 5.75 Å². The Hall–Kier alpha value is -4.05. The minimum atomic E-state index is -1.47. The highest BCUT2D eigenvalue weighted by molar-refractivity contribution is 6.34. The number of carbonyl (C=O) groups is 4. The summed E-state index contributed by atoms with van der Waals surface area (Å²) in [5.41, 5.74) is 6.07. The van der Waals surface area contributed by atoms with Crippen LogP contribution in [0.1, 0.15) is 49.9 Å². The molecule has 0 bridgehead atoms. The van der Waals surface area contributed by atoms with Gasteiger partial charge in [0.2, 0.25) is 11.8 Å². The van der Waals surface area contributed by atoms with Gasteiger partial charge in [-0.15, -0.1) is 6.58 Å². The zero-order chi connectivity index (χ0) is 29.5. The van der Waals surface area contributed by atoms with Crippen molar-refractivity contribution in [1.29, 1.82) is 0 Å². The quantitative estimate of drug-likeness (QED) is 0.322. The van der Waals surface area contributed by atoms with Gasteiger partial charge in [-0.3, -0.25) is 14.4 Å². The molecular formula is C28H35ClN4O6. The second kappa shape index (κ2) is 13.1. The molecule has 210 valence electrons. The van der Waals surface area contributed by atoms with Crippen molar-refractivity contribution in [3.8, 4) is 5.75 Å². The van der Waals surface area contributed by atoms with Crippen molar-refractivity contribution in [2.24, 2.45) is 5.73 Å². The first kappa shape index (κ1) is 31.2. The number of alkyl carbamates (subject to hydrolysis) is 1. The zero-order valence-electron chi connectivity index (χ0n) is 22.7. The van der Waals surface area contributed by atoms with Gasteiger partial charge in [-0.05, 0) is 51.8 Å². The molecule has 0 aromatic heterocycles. The van der Waals surface area contributed by atoms with E-state index in [4.69, 9.17) is 22.1 Å². The number of phenols is 1. The summed E-state index contributed by atoms with van der Waals surface area (Å²) in [5.74, 6) is -2.59. The number of carbonyl (C=O) groups excluding carboxylic acids is 4. The molecule has 2 atom stereocenters. The van der Waals surface area contributed by atoms with Crippen molar-refractivity contribution in [2.75, 3.05) is 11.9 Å². The molecule has 0 saturated heterocycles. The number of benzene rings is 2. The van der Waals surface area contributed by atoms with Crippen molar-refractivity contribution >= 4 is 41.1 Å². The predicted molar refractivity (Wildman–Crippen MR) is 149 cm³/mol. The lowest BCUT2D eigenvalue weighted by Crippen LogP contribution is -2.53. The fraction of sp³-hybridized carbons (Fsp3) is 0.357. The topological polar surface area (TPSA) is 151 Å². The largest absolute Gasteiger partial charge is 0.507 e. The fourth-order valence-electron chi connectivity index (χ4n) is 3.85. The van der Waals surface area contributed by atoms with Crippen LogP contribution in [0, 0.1) is 13.8 Å². The van der Waals surface area contributed by atoms with Gasteiger partial charge in [-0.1, -0.05) is 48.0 Å². The Morgan fingerprint density at radius 1 is 1.13 bits per heavy atom. The molecule has 39 heavy (non-hydrogen) atoms. The molecule has 0 spiro atoms. The summed E-state index contributed by atoms with van der Waals surface area (Å²) in [5, 5.41) is 16.3. The molecule has 5 N–H and O–H groups in total. The molecule has 2 unspecified atom stereocenters. The van der Waals surface area contributed by atoms with Gasteiger partial charge in [0.1, 0.15) is 23.4 Å². The first-order valence-corrected chi connectivity index (χ1v) is 12.6. The number of nitrogens with one attached hydrogen (secondary N) is 2. The Balaban J connectivity index is 2.62. The normalized spacial score (nSPS) is 12.6. The molecule has 4 amide bonds. The van der Waals surface area contributed by atoms with E-state index in [-0.39, 0.29) is 22.9 Å². The number of halogens is 1. The number of aryl methyl sites for hydroxylation is 2. The molecule has 0 fully saturated rings. The molecule has 2 aromatic rings. The van der Waals surface area contributed by atoms with Gasteiger partial charge in [0.05, 0.1) is 17.1 Å². The van der Waals surface area contributed by atoms with E-state index >= 15 is 0 Å². The standard InChI is InChI=1S/C28H35ClN4O6/c1-7-14-33(26(37)20(15-21(30)34)31-27(38)39-28(4,5)6)23(18-12-8-11-17(3)24(18)35)25(36)32-22-16(2)10-9-13-19(22)29/h7-13,20,23,35H,1,14-15H2,2-6H3,(H2,30,34)(H,31,38)(H,32,36). The van der Waals surface area contributed by atoms with Gasteiger partial charge in [0.25, 0.3) is 5.91 Å². The first-order valence-electron chi connectivity index (χ1n) is 12.2. The highest BCUT2D eigenvalue weighted by atomic mass is 35.5. The number of nitrogens with zero attached hydrogens (tertiary/aromatic N) is 1. The average Bonchev–Trinajstić information content (AvgIpc) is 2.81. The third-order valence-electron chi connectivity index (χ3n) is 5.60. The molecule has 11 heteroatoms. The van der Waals surface area contributed by atoms with E-state index < -0.39 is 47.9 Å². The van der Waals surface area contributed by atoms with Gasteiger partial charge in [0.15, 0.2) is 0 Å². The maximum Gasteiger partial charge on any atom is 0.408 e. The monoisotopic (exact) mass is 558 g/mol. The number of aromatic hydroxyl groups is 1. The van der Waals surface area contributed by atoms with Crippen molar-refractivity contribution in [3.05, 3.63) is 70.8 Å². The molecule has 0 heterocycles. The number of primary amides is 1. The van der Waals surface area contributed by atoms with Crippen molar-refractivity contribution in [3.63, 3.8) is 0 Å². The lowest BCUT2D eigenvalue weighted by Gasteiger charge is -2.34. The highest BCUT2D eigenvalue weighted by Gasteiger charge is 2.38. The van der Waals surface area contributed by atoms with E-state index in [9.17, 15) is 24.3 Å². The van der Waals surface area contributed by atoms with Crippen LogP contribution in [0.2, 0.25) is 5.02 Å². The zero-order valence-corrected chi connectivity index (χ0v) is 23.5. The first-order chi connectivity index (χ1) is 18.2. The molecule has 0 radical (unpaired) electrons. The van der Waals surface area contributed by atoms with Crippen LogP contribution in [0.25, 0.3) is 0 Å². The van der Waals surface area contributed by atoms with E-state index in [2.05, 4.69) is 17.2 Å². The lowest BCUT2D eigenvalue weighted by molar-refractivity contribution is -0.141. The smallest absolute Gasteiger partial charge is 0.408 e. The SMILES string of the molecule is C=CCN(C(=O)C(CC(N)=O)NC(=O)OC(C)(C)C)C(C(=O)Nc1c(C)cccc1Cl)c1cccc(C)c1O. The fourth-order valence-corrected chi connectivity index (χ4v) is 4.12. The Morgan fingerprint density at radius 2 is 1.74 bits per heavy atom. The van der Waals surface area contributed by atoms with Gasteiger partial charge >= 0.3 is 6.09 Å². The maximum atomic E-state index is 13.9. The molecule has 0 saturated carbocycles. The number of hydrogen-bond donors (Lipinski definition) is 4. The predicted octanol–water partition coefficient (Wildman–Crippen LogP) is 4.13. The summed E-state index contributed by atoms with van der Waals surface area (Å²) >= 11 is 6.33. The number of para-hydroxylation sites is 2. The van der Waals surface area contributed by atoms with Crippen LogP contribution in [0.4, 0.5) is 10.5 Å². The maximum absolute atomic E-state index is 13.9. The summed E-state index contributed by atoms with van der Waals surface area (Å²) < 4.78 is 5.25. The third-order valence-corrected chi connectivity index (χ3v) is 5.91. The van der Waals surface area contributed by atoms with Gasteiger partial charge < -0.3 is 31.1 Å². The van der Waals surface area contributed by atoms with Gasteiger partial charge in [0, 0.05) is 12.1 Å². The van der Waals surface area contributed by atoms with Gasteiger partial charge in [-0.25, -0.2) is 4.79 Å². The minimum absolute atomic E-state index is 0.113. The summed E-state index contributed by atoms with van der Waals surface area (Å²) in [6.45, 7) is 11.8. The van der Waals surface area contributed by atoms with E-state index in [1.807, 2.05) is 0 Å². The Morgan fingerprint density at radius 3 is 2.31 bits per heavy atom. The van der Waals surface area contributed by atoms with E-state index in [0.29, 0.717) is 16.8 Å². The molecule has 2 aromatic carbocycles. The minimum Gasteiger partial charge on any atom is -0.507 e. The summed E-state index contributed by atoms with van der Waals surface area (Å²) in [6, 6.07) is 6.96. The second-order valence-electron chi connectivity index (χ2n) is 9.98. The van der Waals surface area contributed by atoms with Crippen LogP contribution >= 0.6 is 11.6 Å². The van der Waals surface area contributed by atoms with E-state index in [1.165, 1.54) is 12.1 Å². The van der Waals surface area contributed by atoms with Crippen LogP contribution in [-0.4, -0.2) is 52.0 Å². The molecule has 2 rings (SSSR count). The van der Waals surface area contributed by atoms with Gasteiger partial charge in [-0.2, -0.15) is 0 Å². The number of anilines is 1. The number of rotatable bonds is 10. The number of hydrogen-bond acceptors (Lipinski definition) is 6. The van der Waals surface area contributed by atoms with Crippen molar-refractivity contribution < 1.29 is 29.0 Å². The number of phenolic OH excluding ortho intramolecular Hbond substituents is 1. The number of ether oxygens (including phenoxy) is 1.